The molecule has 0 aromatic heterocycles. The monoisotopic (exact) mass is 259 g/mol. The van der Waals surface area contributed by atoms with E-state index in [2.05, 4.69) is 26.8 Å². The van der Waals surface area contributed by atoms with E-state index in [1.54, 1.807) is 6.07 Å². The zero-order valence-corrected chi connectivity index (χ0v) is 11.8. The molecule has 3 rings (SSSR count). The van der Waals surface area contributed by atoms with Crippen molar-refractivity contribution in [2.24, 2.45) is 5.41 Å². The third kappa shape index (κ3) is 1.41. The highest BCUT2D eigenvalue weighted by molar-refractivity contribution is 5.54. The van der Waals surface area contributed by atoms with Crippen LogP contribution in [0.3, 0.4) is 0 Å². The number of benzene rings is 1. The highest BCUT2D eigenvalue weighted by Crippen LogP contribution is 2.56. The van der Waals surface area contributed by atoms with Gasteiger partial charge in [-0.15, -0.1) is 0 Å². The van der Waals surface area contributed by atoms with Gasteiger partial charge in [0.15, 0.2) is 0 Å². The van der Waals surface area contributed by atoms with Crippen LogP contribution in [0.4, 0.5) is 0 Å². The fourth-order valence-electron chi connectivity index (χ4n) is 4.09. The SMILES string of the molecule is CC1(C)[C@H]2Cc3c(O)cccc3[C@]1(C)CCN2C=O. The zero-order chi connectivity index (χ0) is 13.8. The van der Waals surface area contributed by atoms with Crippen LogP contribution in [0.5, 0.6) is 5.75 Å². The van der Waals surface area contributed by atoms with Crippen LogP contribution < -0.4 is 0 Å². The zero-order valence-electron chi connectivity index (χ0n) is 11.8. The molecule has 1 aromatic rings. The molecule has 1 saturated heterocycles. The van der Waals surface area contributed by atoms with Crippen LogP contribution in [-0.4, -0.2) is 29.0 Å². The minimum Gasteiger partial charge on any atom is -0.508 e. The number of nitrogens with zero attached hydrogens (tertiary/aromatic N) is 1. The summed E-state index contributed by atoms with van der Waals surface area (Å²) in [5.74, 6) is 0.372. The minimum absolute atomic E-state index is 0.0174. The predicted molar refractivity (Wildman–Crippen MR) is 74.1 cm³/mol. The highest BCUT2D eigenvalue weighted by atomic mass is 16.3. The summed E-state index contributed by atoms with van der Waals surface area (Å²) in [6.07, 6.45) is 2.67. The van der Waals surface area contributed by atoms with E-state index in [-0.39, 0.29) is 16.9 Å². The molecule has 19 heavy (non-hydrogen) atoms. The molecule has 1 aliphatic heterocycles. The standard InChI is InChI=1S/C16H21NO2/c1-15(2)14-9-11-12(5-4-6-13(11)19)16(15,3)7-8-17(14)10-18/h4-6,10,14,19H,7-9H2,1-3H3/t14-,16+/m1/s1. The Morgan fingerprint density at radius 3 is 2.79 bits per heavy atom. The van der Waals surface area contributed by atoms with Crippen LogP contribution in [0, 0.1) is 5.41 Å². The second-order valence-electron chi connectivity index (χ2n) is 6.67. The van der Waals surface area contributed by atoms with Gasteiger partial charge in [-0.2, -0.15) is 0 Å². The molecule has 2 aliphatic rings. The van der Waals surface area contributed by atoms with E-state index in [4.69, 9.17) is 0 Å². The second-order valence-corrected chi connectivity index (χ2v) is 6.67. The third-order valence-corrected chi connectivity index (χ3v) is 5.80. The van der Waals surface area contributed by atoms with Crippen molar-refractivity contribution in [3.63, 3.8) is 0 Å². The van der Waals surface area contributed by atoms with Gasteiger partial charge >= 0.3 is 0 Å². The first-order valence-electron chi connectivity index (χ1n) is 6.94. The first-order chi connectivity index (χ1) is 8.91. The number of piperidine rings is 1. The summed E-state index contributed by atoms with van der Waals surface area (Å²) in [6.45, 7) is 7.59. The number of likely N-dealkylation sites (tertiary alicyclic amines) is 1. The molecule has 3 heteroatoms. The Bertz CT molecular complexity index is 538. The molecule has 0 unspecified atom stereocenters. The smallest absolute Gasteiger partial charge is 0.209 e. The lowest BCUT2D eigenvalue weighted by atomic mass is 9.51. The van der Waals surface area contributed by atoms with E-state index < -0.39 is 0 Å². The first-order valence-corrected chi connectivity index (χ1v) is 6.94. The maximum Gasteiger partial charge on any atom is 0.209 e. The highest BCUT2D eigenvalue weighted by Gasteiger charge is 2.56. The van der Waals surface area contributed by atoms with Crippen molar-refractivity contribution in [3.05, 3.63) is 29.3 Å². The Morgan fingerprint density at radius 1 is 1.37 bits per heavy atom. The first kappa shape index (κ1) is 12.5. The molecule has 102 valence electrons. The number of carbonyl (C=O) groups is 1. The van der Waals surface area contributed by atoms with Crippen LogP contribution in [0.25, 0.3) is 0 Å². The molecule has 2 bridgehead atoms. The molecule has 1 heterocycles. The van der Waals surface area contributed by atoms with E-state index >= 15 is 0 Å². The molecule has 1 amide bonds. The molecule has 1 aromatic carbocycles. The lowest BCUT2D eigenvalue weighted by molar-refractivity contribution is -0.129. The topological polar surface area (TPSA) is 40.5 Å². The van der Waals surface area contributed by atoms with Gasteiger partial charge in [-0.1, -0.05) is 32.9 Å². The fourth-order valence-corrected chi connectivity index (χ4v) is 4.09. The molecule has 2 atom stereocenters. The van der Waals surface area contributed by atoms with Gasteiger partial charge < -0.3 is 10.0 Å². The number of rotatable bonds is 1. The number of hydrogen-bond donors (Lipinski definition) is 1. The van der Waals surface area contributed by atoms with E-state index in [9.17, 15) is 9.90 Å². The number of amides is 1. The van der Waals surface area contributed by atoms with Crippen molar-refractivity contribution in [1.29, 1.82) is 0 Å². The minimum atomic E-state index is 0.0174. The van der Waals surface area contributed by atoms with Crippen molar-refractivity contribution in [2.75, 3.05) is 6.54 Å². The number of hydrogen-bond acceptors (Lipinski definition) is 2. The third-order valence-electron chi connectivity index (χ3n) is 5.80. The quantitative estimate of drug-likeness (QED) is 0.787. The largest absolute Gasteiger partial charge is 0.508 e. The van der Waals surface area contributed by atoms with Crippen molar-refractivity contribution in [1.82, 2.24) is 4.90 Å². The summed E-state index contributed by atoms with van der Waals surface area (Å²) in [4.78, 5) is 13.2. The maximum absolute atomic E-state index is 11.3. The van der Waals surface area contributed by atoms with Gasteiger partial charge in [-0.25, -0.2) is 0 Å². The lowest BCUT2D eigenvalue weighted by Gasteiger charge is -2.60. The Balaban J connectivity index is 2.23. The van der Waals surface area contributed by atoms with Crippen LogP contribution in [0.1, 0.15) is 38.3 Å². The Morgan fingerprint density at radius 2 is 2.11 bits per heavy atom. The van der Waals surface area contributed by atoms with Gasteiger partial charge in [-0.05, 0) is 35.4 Å². The molecule has 1 fully saturated rings. The maximum atomic E-state index is 11.3. The van der Waals surface area contributed by atoms with Gasteiger partial charge in [0.2, 0.25) is 6.41 Å². The summed E-state index contributed by atoms with van der Waals surface area (Å²) in [6, 6.07) is 6.00. The molecule has 1 aliphatic carbocycles. The summed E-state index contributed by atoms with van der Waals surface area (Å²) in [7, 11) is 0. The van der Waals surface area contributed by atoms with E-state index in [1.165, 1.54) is 5.56 Å². The molecule has 0 saturated carbocycles. The van der Waals surface area contributed by atoms with Gasteiger partial charge in [0, 0.05) is 18.0 Å². The van der Waals surface area contributed by atoms with Crippen LogP contribution in [-0.2, 0) is 16.6 Å². The van der Waals surface area contributed by atoms with Crippen molar-refractivity contribution < 1.29 is 9.90 Å². The van der Waals surface area contributed by atoms with Gasteiger partial charge in [0.25, 0.3) is 0 Å². The van der Waals surface area contributed by atoms with Gasteiger partial charge in [-0.3, -0.25) is 4.79 Å². The number of phenols is 1. The van der Waals surface area contributed by atoms with E-state index in [1.807, 2.05) is 11.0 Å². The number of aromatic hydroxyl groups is 1. The summed E-state index contributed by atoms with van der Waals surface area (Å²) in [5, 5.41) is 10.1. The van der Waals surface area contributed by atoms with Crippen molar-refractivity contribution in [3.8, 4) is 5.75 Å². The molecule has 3 nitrogen and oxygen atoms in total. The van der Waals surface area contributed by atoms with Crippen molar-refractivity contribution in [2.45, 2.75) is 45.1 Å². The Kier molecular flexibility index (Phi) is 2.47. The van der Waals surface area contributed by atoms with Crippen molar-refractivity contribution >= 4 is 6.41 Å². The van der Waals surface area contributed by atoms with Crippen LogP contribution in [0.15, 0.2) is 18.2 Å². The number of carbonyl (C=O) groups excluding carboxylic acids is 1. The van der Waals surface area contributed by atoms with Crippen LogP contribution >= 0.6 is 0 Å². The summed E-state index contributed by atoms with van der Waals surface area (Å²) < 4.78 is 0. The normalized spacial score (nSPS) is 31.7. The van der Waals surface area contributed by atoms with Gasteiger partial charge in [0.05, 0.1) is 0 Å². The number of phenolic OH excluding ortho intramolecular Hbond substituents is 1. The van der Waals surface area contributed by atoms with Gasteiger partial charge in [0.1, 0.15) is 5.75 Å². The summed E-state index contributed by atoms with van der Waals surface area (Å²) in [5.41, 5.74) is 2.33. The van der Waals surface area contributed by atoms with E-state index in [0.29, 0.717) is 5.75 Å². The number of fused-ring (bicyclic) bond motifs is 4. The molecule has 0 radical (unpaired) electrons. The van der Waals surface area contributed by atoms with Crippen LogP contribution in [0.2, 0.25) is 0 Å². The average Bonchev–Trinajstić information content (AvgIpc) is 2.35. The van der Waals surface area contributed by atoms with E-state index in [0.717, 1.165) is 31.4 Å². The molecule has 0 spiro atoms. The Labute approximate surface area is 114 Å². The Hall–Kier alpha value is -1.51. The molecular weight excluding hydrogens is 238 g/mol. The second kappa shape index (κ2) is 3.75. The lowest BCUT2D eigenvalue weighted by Crippen LogP contribution is -2.63. The molecular formula is C16H21NO2. The fraction of sp³-hybridized carbons (Fsp3) is 0.562. The predicted octanol–water partition coefficient (Wildman–Crippen LogP) is 2.46. The molecule has 1 N–H and O–H groups in total. The summed E-state index contributed by atoms with van der Waals surface area (Å²) >= 11 is 0. The average molecular weight is 259 g/mol.